The average Bonchev–Trinajstić information content (AvgIpc) is 3.67. The van der Waals surface area contributed by atoms with E-state index in [4.69, 9.17) is 5.73 Å². The highest BCUT2D eigenvalue weighted by Gasteiger charge is 2.20. The zero-order chi connectivity index (χ0) is 24.0. The van der Waals surface area contributed by atoms with Gasteiger partial charge in [-0.3, -0.25) is 0 Å². The van der Waals surface area contributed by atoms with Crippen LogP contribution in [0.15, 0.2) is 65.9 Å². The molecule has 6 heteroatoms. The van der Waals surface area contributed by atoms with E-state index < -0.39 is 0 Å². The van der Waals surface area contributed by atoms with E-state index in [9.17, 15) is 0 Å². The minimum Gasteiger partial charge on any atom is -0.386 e. The van der Waals surface area contributed by atoms with Crippen LogP contribution < -0.4 is 16.4 Å². The average molecular weight is 465 g/mol. The maximum absolute atomic E-state index is 6.09. The van der Waals surface area contributed by atoms with Crippen LogP contribution in [0.5, 0.6) is 0 Å². The van der Waals surface area contributed by atoms with Gasteiger partial charge in [-0.15, -0.1) is 0 Å². The lowest BCUT2D eigenvalue weighted by Gasteiger charge is -2.12. The molecule has 3 aromatic rings. The first-order chi connectivity index (χ1) is 17.2. The zero-order valence-corrected chi connectivity index (χ0v) is 20.1. The Labute approximate surface area is 207 Å². The normalized spacial score (nSPS) is 20.3. The minimum atomic E-state index is 0.180. The number of amidine groups is 1. The third-order valence-corrected chi connectivity index (χ3v) is 6.71. The number of rotatable bonds is 5. The van der Waals surface area contributed by atoms with Gasteiger partial charge in [-0.05, 0) is 74.5 Å². The molecule has 2 aromatic carbocycles. The van der Waals surface area contributed by atoms with Crippen LogP contribution in [0.3, 0.4) is 0 Å². The highest BCUT2D eigenvalue weighted by atomic mass is 15.0. The molecular weight excluding hydrogens is 432 g/mol. The molecule has 2 aliphatic rings. The van der Waals surface area contributed by atoms with Crippen LogP contribution in [0.25, 0.3) is 22.4 Å². The molecule has 2 atom stereocenters. The van der Waals surface area contributed by atoms with Crippen LogP contribution in [0.4, 0.5) is 0 Å². The van der Waals surface area contributed by atoms with Crippen molar-refractivity contribution in [2.45, 2.75) is 44.7 Å². The van der Waals surface area contributed by atoms with Crippen molar-refractivity contribution in [3.05, 3.63) is 77.9 Å². The molecular formula is C29H32N6. The van der Waals surface area contributed by atoms with Gasteiger partial charge in [-0.2, -0.15) is 0 Å². The van der Waals surface area contributed by atoms with Crippen molar-refractivity contribution >= 4 is 5.84 Å². The standard InChI is InChI=1S/C29H32N6/c1-20-17-22(27-19-34-29(35-27)26-13-8-16-32-26)18-24(21-9-3-2-4-10-21)23(20)11-5-6-14-33-28(30)25-12-7-15-31-25/h2-4,6,9-10,14,17-19,25-26,31-32H,7-8,12-13,15-16H2,1H3,(H2,30,33)(H,34,35)/b14-6+/t25?,26-/m0/s1. The van der Waals surface area contributed by atoms with Crippen molar-refractivity contribution in [3.63, 3.8) is 0 Å². The van der Waals surface area contributed by atoms with Crippen LogP contribution in [-0.4, -0.2) is 34.9 Å². The lowest BCUT2D eigenvalue weighted by atomic mass is 9.93. The lowest BCUT2D eigenvalue weighted by molar-refractivity contribution is 0.613. The van der Waals surface area contributed by atoms with Gasteiger partial charge in [0.25, 0.3) is 0 Å². The number of allylic oxidation sites excluding steroid dienone is 1. The molecule has 0 amide bonds. The monoisotopic (exact) mass is 464 g/mol. The predicted octanol–water partition coefficient (Wildman–Crippen LogP) is 4.45. The van der Waals surface area contributed by atoms with Gasteiger partial charge in [0.2, 0.25) is 0 Å². The number of nitrogens with two attached hydrogens (primary N) is 1. The number of aryl methyl sites for hydroxylation is 1. The second-order valence-corrected chi connectivity index (χ2v) is 9.20. The van der Waals surface area contributed by atoms with Crippen molar-refractivity contribution < 1.29 is 0 Å². The van der Waals surface area contributed by atoms with Gasteiger partial charge in [0.15, 0.2) is 0 Å². The molecule has 5 rings (SSSR count). The van der Waals surface area contributed by atoms with Gasteiger partial charge in [0.05, 0.1) is 24.0 Å². The van der Waals surface area contributed by atoms with Crippen LogP contribution >= 0.6 is 0 Å². The van der Waals surface area contributed by atoms with E-state index in [1.54, 1.807) is 12.3 Å². The molecule has 3 heterocycles. The van der Waals surface area contributed by atoms with Crippen molar-refractivity contribution in [3.8, 4) is 34.2 Å². The van der Waals surface area contributed by atoms with Crippen molar-refractivity contribution in [2.24, 2.45) is 10.7 Å². The molecule has 5 N–H and O–H groups in total. The number of benzene rings is 2. The third-order valence-electron chi connectivity index (χ3n) is 6.71. The Balaban J connectivity index is 1.45. The van der Waals surface area contributed by atoms with Crippen molar-refractivity contribution in [2.75, 3.05) is 13.1 Å². The smallest absolute Gasteiger partial charge is 0.123 e. The first-order valence-corrected chi connectivity index (χ1v) is 12.4. The number of nitrogens with one attached hydrogen (secondary N) is 3. The Bertz CT molecular complexity index is 1280. The highest BCUT2D eigenvalue weighted by molar-refractivity contribution is 5.86. The second-order valence-electron chi connectivity index (χ2n) is 9.20. The van der Waals surface area contributed by atoms with E-state index in [2.05, 4.69) is 80.8 Å². The topological polar surface area (TPSA) is 91.1 Å². The number of aromatic amines is 1. The molecule has 1 aromatic heterocycles. The van der Waals surface area contributed by atoms with E-state index >= 15 is 0 Å². The Kier molecular flexibility index (Phi) is 7.08. The largest absolute Gasteiger partial charge is 0.386 e. The molecule has 35 heavy (non-hydrogen) atoms. The van der Waals surface area contributed by atoms with Crippen LogP contribution in [0.1, 0.15) is 48.7 Å². The molecule has 0 aliphatic carbocycles. The number of nitrogens with zero attached hydrogens (tertiary/aromatic N) is 2. The lowest BCUT2D eigenvalue weighted by Crippen LogP contribution is -2.36. The van der Waals surface area contributed by atoms with Crippen LogP contribution in [0.2, 0.25) is 0 Å². The number of imidazole rings is 1. The molecule has 6 nitrogen and oxygen atoms in total. The van der Waals surface area contributed by atoms with E-state index in [0.717, 1.165) is 71.7 Å². The van der Waals surface area contributed by atoms with Gasteiger partial charge in [0, 0.05) is 23.4 Å². The molecule has 1 unspecified atom stereocenters. The second kappa shape index (κ2) is 10.7. The fourth-order valence-electron chi connectivity index (χ4n) is 4.83. The van der Waals surface area contributed by atoms with E-state index in [1.807, 2.05) is 12.3 Å². The van der Waals surface area contributed by atoms with Gasteiger partial charge >= 0.3 is 0 Å². The summed E-state index contributed by atoms with van der Waals surface area (Å²) in [4.78, 5) is 12.6. The summed E-state index contributed by atoms with van der Waals surface area (Å²) in [6.45, 7) is 4.16. The molecule has 2 aliphatic heterocycles. The maximum Gasteiger partial charge on any atom is 0.123 e. The SMILES string of the molecule is Cc1cc(-c2cnc([C@@H]3CCCN3)[nH]2)cc(-c2ccccc2)c1C#C/C=C/N=C(N)C1CCCN1. The summed E-state index contributed by atoms with van der Waals surface area (Å²) in [5, 5.41) is 6.87. The van der Waals surface area contributed by atoms with Gasteiger partial charge in [-0.1, -0.05) is 42.2 Å². The minimum absolute atomic E-state index is 0.180. The van der Waals surface area contributed by atoms with Crippen molar-refractivity contribution in [1.82, 2.24) is 20.6 Å². The number of aliphatic imine (C=N–C) groups is 1. The maximum atomic E-state index is 6.09. The summed E-state index contributed by atoms with van der Waals surface area (Å²) in [7, 11) is 0. The zero-order valence-electron chi connectivity index (χ0n) is 20.1. The van der Waals surface area contributed by atoms with E-state index in [1.165, 1.54) is 6.42 Å². The Hall–Kier alpha value is -3.66. The number of hydrogen-bond acceptors (Lipinski definition) is 4. The van der Waals surface area contributed by atoms with E-state index in [0.29, 0.717) is 11.9 Å². The predicted molar refractivity (Wildman–Crippen MR) is 143 cm³/mol. The molecule has 2 saturated heterocycles. The fraction of sp³-hybridized carbons (Fsp3) is 0.310. The summed E-state index contributed by atoms with van der Waals surface area (Å²) < 4.78 is 0. The summed E-state index contributed by atoms with van der Waals surface area (Å²) >= 11 is 0. The van der Waals surface area contributed by atoms with Gasteiger partial charge in [-0.25, -0.2) is 9.98 Å². The third kappa shape index (κ3) is 5.37. The summed E-state index contributed by atoms with van der Waals surface area (Å²) in [5.74, 6) is 8.15. The molecule has 0 radical (unpaired) electrons. The molecule has 0 bridgehead atoms. The highest BCUT2D eigenvalue weighted by Crippen LogP contribution is 2.32. The van der Waals surface area contributed by atoms with Crippen molar-refractivity contribution in [1.29, 1.82) is 0 Å². The summed E-state index contributed by atoms with van der Waals surface area (Å²) in [6.07, 6.45) is 9.88. The quantitative estimate of drug-likeness (QED) is 0.255. The molecule has 0 spiro atoms. The number of aromatic nitrogens is 2. The van der Waals surface area contributed by atoms with E-state index in [-0.39, 0.29) is 6.04 Å². The Morgan fingerprint density at radius 2 is 1.91 bits per heavy atom. The van der Waals surface area contributed by atoms with Crippen LogP contribution in [-0.2, 0) is 0 Å². The van der Waals surface area contributed by atoms with Gasteiger partial charge < -0.3 is 21.4 Å². The molecule has 2 fully saturated rings. The van der Waals surface area contributed by atoms with Crippen LogP contribution in [0, 0.1) is 18.8 Å². The first-order valence-electron chi connectivity index (χ1n) is 12.4. The molecule has 178 valence electrons. The fourth-order valence-corrected chi connectivity index (χ4v) is 4.83. The summed E-state index contributed by atoms with van der Waals surface area (Å²) in [6, 6.07) is 15.3. The number of H-pyrrole nitrogens is 1. The number of hydrogen-bond donors (Lipinski definition) is 4. The summed E-state index contributed by atoms with van der Waals surface area (Å²) in [5.41, 5.74) is 12.6. The Morgan fingerprint density at radius 1 is 1.09 bits per heavy atom. The first kappa shape index (κ1) is 23.1. The van der Waals surface area contributed by atoms with Gasteiger partial charge in [0.1, 0.15) is 11.7 Å². The Morgan fingerprint density at radius 3 is 2.69 bits per heavy atom. The molecule has 0 saturated carbocycles.